The third kappa shape index (κ3) is 4.16. The molecule has 0 bridgehead atoms. The topological polar surface area (TPSA) is 114 Å². The fraction of sp³-hybridized carbons (Fsp3) is 0.154. The van der Waals surface area contributed by atoms with Crippen LogP contribution in [0, 0.1) is 9.54 Å². The van der Waals surface area contributed by atoms with Gasteiger partial charge in [0.05, 0.1) is 0 Å². The number of isocyanates is 1. The van der Waals surface area contributed by atoms with Gasteiger partial charge < -0.3 is 10.4 Å². The van der Waals surface area contributed by atoms with Gasteiger partial charge in [-0.15, -0.1) is 4.58 Å². The maximum Gasteiger partial charge on any atom is 0.416 e. The zero-order valence-corrected chi connectivity index (χ0v) is 13.5. The average molecular weight is 350 g/mol. The Kier molecular flexibility index (Phi) is 5.12. The number of aromatic amines is 2. The molecule has 0 spiro atoms. The molecular weight excluding hydrogens is 338 g/mol. The number of rotatable bonds is 5. The molecule has 0 aliphatic heterocycles. The maximum absolute atomic E-state index is 11.2. The Morgan fingerprint density at radius 3 is 2.52 bits per heavy atom. The number of carbonyl (C=O) groups is 1. The zero-order valence-electron chi connectivity index (χ0n) is 11.9. The number of H-pyrrole nitrogens is 2. The summed E-state index contributed by atoms with van der Waals surface area (Å²) in [6.07, 6.45) is 1.74. The van der Waals surface area contributed by atoms with E-state index in [2.05, 4.69) is 20.3 Å². The Hall–Kier alpha value is -2.68. The molecule has 2 rings (SSSR count). The fourth-order valence-corrected chi connectivity index (χ4v) is 2.17. The summed E-state index contributed by atoms with van der Waals surface area (Å²) >= 11 is 9.88. The summed E-state index contributed by atoms with van der Waals surface area (Å²) < 4.78 is 1.48. The molecule has 0 aliphatic carbocycles. The van der Waals surface area contributed by atoms with Gasteiger partial charge in [0.25, 0.3) is 10.9 Å². The van der Waals surface area contributed by atoms with Crippen LogP contribution in [0.15, 0.2) is 24.3 Å². The van der Waals surface area contributed by atoms with E-state index in [9.17, 15) is 9.59 Å². The zero-order chi connectivity index (χ0) is 17.0. The lowest BCUT2D eigenvalue weighted by Gasteiger charge is -2.10. The van der Waals surface area contributed by atoms with E-state index in [1.165, 1.54) is 6.92 Å². The minimum atomic E-state index is -0.966. The number of hydrogen-bond acceptors (Lipinski definition) is 6. The molecule has 0 radical (unpaired) electrons. The van der Waals surface area contributed by atoms with Crippen molar-refractivity contribution in [3.63, 3.8) is 0 Å². The Bertz CT molecular complexity index is 869. The first-order valence-corrected chi connectivity index (χ1v) is 7.20. The minimum absolute atomic E-state index is 0.133. The van der Waals surface area contributed by atoms with Crippen LogP contribution in [0.4, 0.5) is 17.3 Å². The van der Waals surface area contributed by atoms with Gasteiger partial charge in [-0.1, -0.05) is 0 Å². The van der Waals surface area contributed by atoms with Crippen LogP contribution >= 0.6 is 24.4 Å². The molecule has 1 heterocycles. The highest BCUT2D eigenvalue weighted by Gasteiger charge is 2.15. The summed E-state index contributed by atoms with van der Waals surface area (Å²) in [5.41, 5.74) is 1.06. The molecule has 118 valence electrons. The molecular formula is C13H12N5O3S2+. The van der Waals surface area contributed by atoms with Crippen molar-refractivity contribution >= 4 is 53.8 Å². The van der Waals surface area contributed by atoms with Crippen molar-refractivity contribution in [3.8, 4) is 0 Å². The van der Waals surface area contributed by atoms with Crippen LogP contribution in [0.5, 0.6) is 0 Å². The van der Waals surface area contributed by atoms with E-state index >= 15 is 0 Å². The van der Waals surface area contributed by atoms with Crippen molar-refractivity contribution in [2.75, 3.05) is 5.32 Å². The van der Waals surface area contributed by atoms with Crippen LogP contribution in [-0.2, 0) is 9.59 Å². The molecule has 23 heavy (non-hydrogen) atoms. The standard InChI is InChI=1S/C13H11N5O3S2/c1-7(10(20)21)14-8-2-4-9(5-3-8)18(6-19)11-15-12(22)17-13(23)16-11/h2-5,7,14H,1H3,(H2-,15,16,17,20,21,22,23)/p+1. The van der Waals surface area contributed by atoms with Crippen LogP contribution in [0.25, 0.3) is 0 Å². The smallest absolute Gasteiger partial charge is 0.416 e. The number of aliphatic carboxylic acids is 1. The number of anilines is 1. The first-order valence-electron chi connectivity index (χ1n) is 6.38. The Morgan fingerprint density at radius 2 is 2.00 bits per heavy atom. The second kappa shape index (κ2) is 7.05. The van der Waals surface area contributed by atoms with E-state index in [1.807, 2.05) is 0 Å². The first kappa shape index (κ1) is 16.7. The quantitative estimate of drug-likeness (QED) is 0.283. The van der Waals surface area contributed by atoms with E-state index in [4.69, 9.17) is 29.5 Å². The number of aromatic nitrogens is 3. The summed E-state index contributed by atoms with van der Waals surface area (Å²) in [5, 5.41) is 11.7. The van der Waals surface area contributed by atoms with Gasteiger partial charge in [0.15, 0.2) is 0 Å². The highest BCUT2D eigenvalue weighted by Crippen LogP contribution is 2.19. The molecule has 1 unspecified atom stereocenters. The molecule has 0 fully saturated rings. The number of nitrogens with zero attached hydrogens (tertiary/aromatic N) is 2. The summed E-state index contributed by atoms with van der Waals surface area (Å²) in [6, 6.07) is 5.76. The van der Waals surface area contributed by atoms with Gasteiger partial charge in [-0.2, -0.15) is 4.79 Å². The molecule has 0 amide bonds. The molecule has 1 aromatic heterocycles. The Labute approximate surface area is 140 Å². The van der Waals surface area contributed by atoms with Crippen molar-refractivity contribution in [3.05, 3.63) is 33.8 Å². The molecule has 2 aromatic rings. The summed E-state index contributed by atoms with van der Waals surface area (Å²) in [7, 11) is 0. The molecule has 0 saturated heterocycles. The number of carboxylic acids is 1. The molecule has 0 saturated carbocycles. The number of benzene rings is 1. The normalized spacial score (nSPS) is 11.3. The lowest BCUT2D eigenvalue weighted by molar-refractivity contribution is -0.137. The summed E-state index contributed by atoms with van der Waals surface area (Å²) in [5.74, 6) is -0.833. The Morgan fingerprint density at radius 1 is 1.35 bits per heavy atom. The van der Waals surface area contributed by atoms with Gasteiger partial charge in [-0.25, -0.2) is 4.98 Å². The maximum atomic E-state index is 11.2. The van der Waals surface area contributed by atoms with Gasteiger partial charge in [0.2, 0.25) is 4.77 Å². The van der Waals surface area contributed by atoms with Crippen molar-refractivity contribution in [2.45, 2.75) is 13.0 Å². The highest BCUT2D eigenvalue weighted by molar-refractivity contribution is 7.71. The van der Waals surface area contributed by atoms with Crippen molar-refractivity contribution in [1.82, 2.24) is 19.5 Å². The largest absolute Gasteiger partial charge is 0.480 e. The molecule has 1 aromatic carbocycles. The number of carboxylic acid groups (broad SMARTS) is 1. The molecule has 4 N–H and O–H groups in total. The van der Waals surface area contributed by atoms with Crippen LogP contribution in [0.2, 0.25) is 0 Å². The lowest BCUT2D eigenvalue weighted by Crippen LogP contribution is -2.25. The summed E-state index contributed by atoms with van der Waals surface area (Å²) in [4.78, 5) is 31.4. The highest BCUT2D eigenvalue weighted by atomic mass is 32.1. The van der Waals surface area contributed by atoms with Crippen molar-refractivity contribution in [2.24, 2.45) is 0 Å². The number of carbonyl (C=O) groups excluding carboxylic acids is 1. The van der Waals surface area contributed by atoms with Gasteiger partial charge in [0.1, 0.15) is 11.7 Å². The van der Waals surface area contributed by atoms with E-state index in [-0.39, 0.29) is 15.5 Å². The SMILES string of the molecule is CC(Nc1ccc([N+](=C=O)c2nc(=S)[nH]c(=S)[nH]2)cc1)C(=O)O. The van der Waals surface area contributed by atoms with Crippen LogP contribution in [-0.4, -0.2) is 38.1 Å². The van der Waals surface area contributed by atoms with Crippen LogP contribution < -0.4 is 9.89 Å². The van der Waals surface area contributed by atoms with Crippen molar-refractivity contribution < 1.29 is 14.7 Å². The minimum Gasteiger partial charge on any atom is -0.480 e. The van der Waals surface area contributed by atoms with E-state index in [0.717, 1.165) is 4.58 Å². The van der Waals surface area contributed by atoms with Gasteiger partial charge in [-0.3, -0.25) is 9.78 Å². The van der Waals surface area contributed by atoms with E-state index in [1.54, 1.807) is 30.3 Å². The van der Waals surface area contributed by atoms with Crippen LogP contribution in [0.3, 0.4) is 0 Å². The molecule has 0 aliphatic rings. The monoisotopic (exact) mass is 350 g/mol. The van der Waals surface area contributed by atoms with Gasteiger partial charge in [0, 0.05) is 5.69 Å². The fourth-order valence-electron chi connectivity index (χ4n) is 1.72. The molecule has 8 nitrogen and oxygen atoms in total. The van der Waals surface area contributed by atoms with Gasteiger partial charge in [-0.05, 0) is 60.6 Å². The third-order valence-corrected chi connectivity index (χ3v) is 3.23. The second-order valence-electron chi connectivity index (χ2n) is 4.50. The van der Waals surface area contributed by atoms with E-state index < -0.39 is 12.0 Å². The van der Waals surface area contributed by atoms with E-state index in [0.29, 0.717) is 11.4 Å². The first-order chi connectivity index (χ1) is 10.9. The van der Waals surface area contributed by atoms with Crippen LogP contribution in [0.1, 0.15) is 6.92 Å². The second-order valence-corrected chi connectivity index (χ2v) is 5.29. The predicted molar refractivity (Wildman–Crippen MR) is 88.9 cm³/mol. The molecule has 1 atom stereocenters. The lowest BCUT2D eigenvalue weighted by atomic mass is 10.2. The average Bonchev–Trinajstić information content (AvgIpc) is 2.48. The molecule has 10 heteroatoms. The number of nitrogens with one attached hydrogen (secondary N) is 3. The van der Waals surface area contributed by atoms with Gasteiger partial charge >= 0.3 is 11.9 Å². The number of hydrogen-bond donors (Lipinski definition) is 4. The summed E-state index contributed by atoms with van der Waals surface area (Å²) in [6.45, 7) is 1.53. The van der Waals surface area contributed by atoms with Crippen molar-refractivity contribution in [1.29, 1.82) is 0 Å². The Balaban J connectivity index is 2.33. The predicted octanol–water partition coefficient (Wildman–Crippen LogP) is 2.25. The third-order valence-electron chi connectivity index (χ3n) is 2.84.